The van der Waals surface area contributed by atoms with E-state index in [9.17, 15) is 0 Å². The Morgan fingerprint density at radius 1 is 1.33 bits per heavy atom. The summed E-state index contributed by atoms with van der Waals surface area (Å²) in [5, 5.41) is 0.307. The van der Waals surface area contributed by atoms with Gasteiger partial charge in [-0.05, 0) is 19.3 Å². The lowest BCUT2D eigenvalue weighted by Gasteiger charge is -2.09. The molecule has 0 aliphatic rings. The molecule has 0 amide bonds. The molecule has 1 aromatic rings. The van der Waals surface area contributed by atoms with E-state index in [0.717, 1.165) is 38.6 Å². The van der Waals surface area contributed by atoms with Gasteiger partial charge < -0.3 is 4.57 Å². The summed E-state index contributed by atoms with van der Waals surface area (Å²) in [6.45, 7) is 5.43. The SMILES string of the molecule is CCCC(Cl)CCc1nccn1CCC. The zero-order chi connectivity index (χ0) is 11.1. The van der Waals surface area contributed by atoms with E-state index in [0.29, 0.717) is 5.38 Å². The number of hydrogen-bond acceptors (Lipinski definition) is 1. The van der Waals surface area contributed by atoms with E-state index >= 15 is 0 Å². The maximum absolute atomic E-state index is 6.19. The third-order valence-electron chi connectivity index (χ3n) is 2.55. The minimum Gasteiger partial charge on any atom is -0.335 e. The van der Waals surface area contributed by atoms with Crippen LogP contribution in [0.3, 0.4) is 0 Å². The van der Waals surface area contributed by atoms with Crippen molar-refractivity contribution in [2.45, 2.75) is 57.9 Å². The van der Waals surface area contributed by atoms with Gasteiger partial charge in [0.25, 0.3) is 0 Å². The second-order valence-corrected chi connectivity index (χ2v) is 4.58. The van der Waals surface area contributed by atoms with Gasteiger partial charge in [-0.1, -0.05) is 20.3 Å². The molecule has 0 saturated carbocycles. The van der Waals surface area contributed by atoms with Crippen LogP contribution in [-0.2, 0) is 13.0 Å². The van der Waals surface area contributed by atoms with Gasteiger partial charge in [0.1, 0.15) is 5.82 Å². The molecule has 0 saturated heterocycles. The highest BCUT2D eigenvalue weighted by Crippen LogP contribution is 2.13. The number of hydrogen-bond donors (Lipinski definition) is 0. The number of aryl methyl sites for hydroxylation is 2. The van der Waals surface area contributed by atoms with Crippen LogP contribution in [-0.4, -0.2) is 14.9 Å². The Kier molecular flexibility index (Phi) is 5.77. The Labute approximate surface area is 97.7 Å². The second-order valence-electron chi connectivity index (χ2n) is 3.96. The summed E-state index contributed by atoms with van der Waals surface area (Å²) in [5.74, 6) is 1.18. The minimum absolute atomic E-state index is 0.307. The quantitative estimate of drug-likeness (QED) is 0.652. The molecule has 86 valence electrons. The van der Waals surface area contributed by atoms with E-state index < -0.39 is 0 Å². The fourth-order valence-corrected chi connectivity index (χ4v) is 2.08. The number of nitrogens with zero attached hydrogens (tertiary/aromatic N) is 2. The van der Waals surface area contributed by atoms with E-state index in [1.807, 2.05) is 6.20 Å². The minimum atomic E-state index is 0.307. The topological polar surface area (TPSA) is 17.8 Å². The average Bonchev–Trinajstić information content (AvgIpc) is 2.64. The van der Waals surface area contributed by atoms with Gasteiger partial charge in [0, 0.05) is 30.7 Å². The van der Waals surface area contributed by atoms with Crippen LogP contribution in [0.25, 0.3) is 0 Å². The van der Waals surface area contributed by atoms with Crippen LogP contribution < -0.4 is 0 Å². The Morgan fingerprint density at radius 2 is 2.13 bits per heavy atom. The van der Waals surface area contributed by atoms with Crippen LogP contribution in [0.5, 0.6) is 0 Å². The summed E-state index contributed by atoms with van der Waals surface area (Å²) in [6, 6.07) is 0. The molecule has 0 radical (unpaired) electrons. The van der Waals surface area contributed by atoms with Crippen molar-refractivity contribution in [1.82, 2.24) is 9.55 Å². The molecule has 1 aromatic heterocycles. The largest absolute Gasteiger partial charge is 0.335 e. The molecule has 0 bridgehead atoms. The van der Waals surface area contributed by atoms with Gasteiger partial charge in [-0.2, -0.15) is 0 Å². The monoisotopic (exact) mass is 228 g/mol. The van der Waals surface area contributed by atoms with Gasteiger partial charge in [-0.15, -0.1) is 11.6 Å². The number of rotatable bonds is 7. The number of halogens is 1. The fourth-order valence-electron chi connectivity index (χ4n) is 1.76. The third kappa shape index (κ3) is 4.25. The molecular formula is C12H21ClN2. The summed E-state index contributed by atoms with van der Waals surface area (Å²) in [7, 11) is 0. The maximum Gasteiger partial charge on any atom is 0.108 e. The third-order valence-corrected chi connectivity index (χ3v) is 2.99. The van der Waals surface area contributed by atoms with Crippen LogP contribution in [0.15, 0.2) is 12.4 Å². The van der Waals surface area contributed by atoms with Gasteiger partial charge in [-0.3, -0.25) is 0 Å². The Balaban J connectivity index is 2.39. The fraction of sp³-hybridized carbons (Fsp3) is 0.750. The Morgan fingerprint density at radius 3 is 2.80 bits per heavy atom. The zero-order valence-electron chi connectivity index (χ0n) is 9.75. The highest BCUT2D eigenvalue weighted by atomic mass is 35.5. The highest BCUT2D eigenvalue weighted by molar-refractivity contribution is 6.20. The number of imidazole rings is 1. The standard InChI is InChI=1S/C12H21ClN2/c1-3-5-11(13)6-7-12-14-8-10-15(12)9-4-2/h8,10-11H,3-7,9H2,1-2H3. The molecule has 0 spiro atoms. The van der Waals surface area contributed by atoms with Crippen LogP contribution in [0.2, 0.25) is 0 Å². The summed E-state index contributed by atoms with van der Waals surface area (Å²) in [4.78, 5) is 4.37. The number of aromatic nitrogens is 2. The lowest BCUT2D eigenvalue weighted by Crippen LogP contribution is -2.06. The smallest absolute Gasteiger partial charge is 0.108 e. The Bertz CT molecular complexity index is 270. The number of alkyl halides is 1. The molecule has 1 heterocycles. The van der Waals surface area contributed by atoms with Crippen molar-refractivity contribution in [2.24, 2.45) is 0 Å². The van der Waals surface area contributed by atoms with Gasteiger partial charge in [0.15, 0.2) is 0 Å². The molecule has 1 atom stereocenters. The molecule has 0 N–H and O–H groups in total. The first-order valence-corrected chi connectivity index (χ1v) is 6.35. The zero-order valence-corrected chi connectivity index (χ0v) is 10.5. The summed E-state index contributed by atoms with van der Waals surface area (Å²) in [5.41, 5.74) is 0. The van der Waals surface area contributed by atoms with E-state index in [1.54, 1.807) is 0 Å². The second kappa shape index (κ2) is 6.89. The van der Waals surface area contributed by atoms with Crippen molar-refractivity contribution in [3.05, 3.63) is 18.2 Å². The first-order chi connectivity index (χ1) is 7.27. The van der Waals surface area contributed by atoms with Crippen molar-refractivity contribution < 1.29 is 0 Å². The molecule has 1 unspecified atom stereocenters. The van der Waals surface area contributed by atoms with Crippen molar-refractivity contribution >= 4 is 11.6 Å². The van der Waals surface area contributed by atoms with Gasteiger partial charge in [-0.25, -0.2) is 4.98 Å². The molecule has 0 aromatic carbocycles. The van der Waals surface area contributed by atoms with Gasteiger partial charge in [0.2, 0.25) is 0 Å². The van der Waals surface area contributed by atoms with Crippen LogP contribution >= 0.6 is 11.6 Å². The van der Waals surface area contributed by atoms with Crippen LogP contribution in [0, 0.1) is 0 Å². The molecule has 0 aliphatic heterocycles. The maximum atomic E-state index is 6.19. The van der Waals surface area contributed by atoms with Crippen molar-refractivity contribution in [1.29, 1.82) is 0 Å². The lowest BCUT2D eigenvalue weighted by molar-refractivity contribution is 0.602. The summed E-state index contributed by atoms with van der Waals surface area (Å²) in [6.07, 6.45) is 9.41. The molecule has 2 nitrogen and oxygen atoms in total. The molecule has 1 rings (SSSR count). The predicted octanol–water partition coefficient (Wildman–Crippen LogP) is 3.63. The molecule has 15 heavy (non-hydrogen) atoms. The predicted molar refractivity (Wildman–Crippen MR) is 65.4 cm³/mol. The first-order valence-electron chi connectivity index (χ1n) is 5.92. The molecule has 3 heteroatoms. The first kappa shape index (κ1) is 12.6. The van der Waals surface area contributed by atoms with E-state index in [4.69, 9.17) is 11.6 Å². The van der Waals surface area contributed by atoms with E-state index in [-0.39, 0.29) is 0 Å². The van der Waals surface area contributed by atoms with Crippen molar-refractivity contribution in [2.75, 3.05) is 0 Å². The van der Waals surface area contributed by atoms with Crippen molar-refractivity contribution in [3.63, 3.8) is 0 Å². The van der Waals surface area contributed by atoms with Crippen molar-refractivity contribution in [3.8, 4) is 0 Å². The summed E-state index contributed by atoms with van der Waals surface area (Å²) < 4.78 is 2.23. The van der Waals surface area contributed by atoms with E-state index in [1.165, 1.54) is 5.82 Å². The molecule has 0 aliphatic carbocycles. The summed E-state index contributed by atoms with van der Waals surface area (Å²) >= 11 is 6.19. The average molecular weight is 229 g/mol. The van der Waals surface area contributed by atoms with Crippen LogP contribution in [0.1, 0.15) is 45.4 Å². The lowest BCUT2D eigenvalue weighted by atomic mass is 10.1. The van der Waals surface area contributed by atoms with Gasteiger partial charge >= 0.3 is 0 Å². The molecule has 0 fully saturated rings. The Hall–Kier alpha value is -0.500. The molecular weight excluding hydrogens is 208 g/mol. The highest BCUT2D eigenvalue weighted by Gasteiger charge is 2.07. The van der Waals surface area contributed by atoms with Gasteiger partial charge in [0.05, 0.1) is 0 Å². The van der Waals surface area contributed by atoms with Crippen LogP contribution in [0.4, 0.5) is 0 Å². The van der Waals surface area contributed by atoms with E-state index in [2.05, 4.69) is 29.6 Å². The normalized spacial score (nSPS) is 13.0.